The van der Waals surface area contributed by atoms with Gasteiger partial charge in [-0.2, -0.15) is 0 Å². The molecule has 0 amide bonds. The first-order valence-electron chi connectivity index (χ1n) is 5.23. The Hall–Kier alpha value is -0.930. The summed E-state index contributed by atoms with van der Waals surface area (Å²) in [5, 5.41) is 3.30. The summed E-state index contributed by atoms with van der Waals surface area (Å²) in [6.07, 6.45) is 0. The molecule has 1 aliphatic rings. The van der Waals surface area contributed by atoms with Gasteiger partial charge >= 0.3 is 0 Å². The molecule has 3 heteroatoms. The first-order chi connectivity index (χ1) is 7.11. The van der Waals surface area contributed by atoms with Crippen LogP contribution in [0.1, 0.15) is 25.5 Å². The highest BCUT2D eigenvalue weighted by Gasteiger charge is 2.35. The molecule has 1 saturated heterocycles. The summed E-state index contributed by atoms with van der Waals surface area (Å²) >= 11 is 0. The summed E-state index contributed by atoms with van der Waals surface area (Å²) in [6.45, 7) is 5.41. The van der Waals surface area contributed by atoms with Gasteiger partial charge in [-0.1, -0.05) is 18.2 Å². The van der Waals surface area contributed by atoms with Crippen molar-refractivity contribution >= 4 is 0 Å². The van der Waals surface area contributed by atoms with Crippen molar-refractivity contribution in [3.05, 3.63) is 35.6 Å². The lowest BCUT2D eigenvalue weighted by Crippen LogP contribution is -2.48. The molecule has 82 valence electrons. The second-order valence-electron chi connectivity index (χ2n) is 4.36. The van der Waals surface area contributed by atoms with Crippen molar-refractivity contribution in [3.63, 3.8) is 0 Å². The van der Waals surface area contributed by atoms with E-state index in [4.69, 9.17) is 4.74 Å². The average Bonchev–Trinajstić information content (AvgIpc) is 2.19. The van der Waals surface area contributed by atoms with E-state index < -0.39 is 0 Å². The fourth-order valence-corrected chi connectivity index (χ4v) is 2.04. The van der Waals surface area contributed by atoms with Crippen molar-refractivity contribution in [2.24, 2.45) is 0 Å². The molecule has 1 aromatic carbocycles. The minimum atomic E-state index is -0.361. The third-order valence-corrected chi connectivity index (χ3v) is 2.84. The van der Waals surface area contributed by atoms with Crippen LogP contribution in [0.3, 0.4) is 0 Å². The summed E-state index contributed by atoms with van der Waals surface area (Å²) in [6, 6.07) is 6.78. The molecule has 0 radical (unpaired) electrons. The maximum atomic E-state index is 13.6. The minimum Gasteiger partial charge on any atom is -0.372 e. The largest absolute Gasteiger partial charge is 0.372 e. The Balaban J connectivity index is 2.33. The summed E-state index contributed by atoms with van der Waals surface area (Å²) in [4.78, 5) is 0. The van der Waals surface area contributed by atoms with Gasteiger partial charge in [0, 0.05) is 12.1 Å². The van der Waals surface area contributed by atoms with E-state index in [0.717, 1.165) is 6.54 Å². The fourth-order valence-electron chi connectivity index (χ4n) is 2.04. The molecule has 1 unspecified atom stereocenters. The number of benzene rings is 1. The molecule has 2 rings (SSSR count). The zero-order valence-electron chi connectivity index (χ0n) is 9.09. The highest BCUT2D eigenvalue weighted by Crippen LogP contribution is 2.32. The Bertz CT molecular complexity index is 351. The Kier molecular flexibility index (Phi) is 2.76. The number of hydrogen-bond donors (Lipinski definition) is 1. The maximum Gasteiger partial charge on any atom is 0.128 e. The number of hydrogen-bond acceptors (Lipinski definition) is 2. The van der Waals surface area contributed by atoms with E-state index >= 15 is 0 Å². The lowest BCUT2D eigenvalue weighted by molar-refractivity contribution is -0.0730. The smallest absolute Gasteiger partial charge is 0.128 e. The van der Waals surface area contributed by atoms with Gasteiger partial charge in [0.05, 0.1) is 18.2 Å². The fraction of sp³-hybridized carbons (Fsp3) is 0.500. The van der Waals surface area contributed by atoms with E-state index in [9.17, 15) is 4.39 Å². The van der Waals surface area contributed by atoms with Crippen LogP contribution in [-0.2, 0) is 4.74 Å². The van der Waals surface area contributed by atoms with Gasteiger partial charge in [0.2, 0.25) is 0 Å². The molecule has 2 nitrogen and oxygen atoms in total. The molecule has 1 atom stereocenters. The first kappa shape index (κ1) is 10.6. The third-order valence-electron chi connectivity index (χ3n) is 2.84. The molecule has 0 aliphatic carbocycles. The molecule has 1 aromatic rings. The first-order valence-corrected chi connectivity index (χ1v) is 5.23. The molecular weight excluding hydrogens is 193 g/mol. The van der Waals surface area contributed by atoms with Gasteiger partial charge in [0.15, 0.2) is 0 Å². The van der Waals surface area contributed by atoms with Crippen molar-refractivity contribution in [2.75, 3.05) is 13.2 Å². The second kappa shape index (κ2) is 3.91. The maximum absolute atomic E-state index is 13.6. The highest BCUT2D eigenvalue weighted by atomic mass is 19.1. The number of rotatable bonds is 1. The summed E-state index contributed by atoms with van der Waals surface area (Å²) in [5.74, 6) is -0.173. The van der Waals surface area contributed by atoms with Crippen LogP contribution in [-0.4, -0.2) is 18.8 Å². The van der Waals surface area contributed by atoms with Crippen LogP contribution in [0.5, 0.6) is 0 Å². The predicted octanol–water partition coefficient (Wildman–Crippen LogP) is 2.27. The van der Waals surface area contributed by atoms with Crippen molar-refractivity contribution < 1.29 is 9.13 Å². The SMILES string of the molecule is CC1(C)OCCNC1c1ccccc1F. The Morgan fingerprint density at radius 2 is 2.13 bits per heavy atom. The molecule has 0 bridgehead atoms. The van der Waals surface area contributed by atoms with Gasteiger partial charge in [-0.05, 0) is 19.9 Å². The van der Waals surface area contributed by atoms with Crippen LogP contribution in [0.4, 0.5) is 4.39 Å². The van der Waals surface area contributed by atoms with Gasteiger partial charge in [-0.3, -0.25) is 0 Å². The Labute approximate surface area is 89.4 Å². The molecule has 1 N–H and O–H groups in total. The monoisotopic (exact) mass is 209 g/mol. The Morgan fingerprint density at radius 1 is 1.40 bits per heavy atom. The molecule has 1 heterocycles. The van der Waals surface area contributed by atoms with Crippen LogP contribution in [0.15, 0.2) is 24.3 Å². The molecule has 1 aliphatic heterocycles. The van der Waals surface area contributed by atoms with Crippen molar-refractivity contribution in [2.45, 2.75) is 25.5 Å². The van der Waals surface area contributed by atoms with Crippen LogP contribution in [0, 0.1) is 5.82 Å². The zero-order chi connectivity index (χ0) is 10.9. The normalized spacial score (nSPS) is 25.1. The molecule has 0 aromatic heterocycles. The predicted molar refractivity (Wildman–Crippen MR) is 57.2 cm³/mol. The highest BCUT2D eigenvalue weighted by molar-refractivity contribution is 5.24. The minimum absolute atomic E-state index is 0.0764. The zero-order valence-corrected chi connectivity index (χ0v) is 9.09. The van der Waals surface area contributed by atoms with E-state index in [1.54, 1.807) is 6.07 Å². The van der Waals surface area contributed by atoms with Gasteiger partial charge in [0.1, 0.15) is 5.82 Å². The van der Waals surface area contributed by atoms with Gasteiger partial charge in [0.25, 0.3) is 0 Å². The van der Waals surface area contributed by atoms with Crippen LogP contribution in [0.25, 0.3) is 0 Å². The van der Waals surface area contributed by atoms with Gasteiger partial charge < -0.3 is 10.1 Å². The molecule has 1 fully saturated rings. The summed E-state index contributed by atoms with van der Waals surface area (Å²) in [7, 11) is 0. The lowest BCUT2D eigenvalue weighted by Gasteiger charge is -2.39. The number of morpholine rings is 1. The van der Waals surface area contributed by atoms with Crippen molar-refractivity contribution in [1.29, 1.82) is 0 Å². The van der Waals surface area contributed by atoms with E-state index in [1.165, 1.54) is 6.07 Å². The van der Waals surface area contributed by atoms with Crippen LogP contribution < -0.4 is 5.32 Å². The lowest BCUT2D eigenvalue weighted by atomic mass is 9.90. The van der Waals surface area contributed by atoms with E-state index in [2.05, 4.69) is 5.32 Å². The molecule has 0 spiro atoms. The molecular formula is C12H16FNO. The number of ether oxygens (including phenoxy) is 1. The van der Waals surface area contributed by atoms with Crippen LogP contribution in [0.2, 0.25) is 0 Å². The van der Waals surface area contributed by atoms with E-state index in [-0.39, 0.29) is 17.5 Å². The van der Waals surface area contributed by atoms with Gasteiger partial charge in [-0.25, -0.2) is 4.39 Å². The standard InChI is InChI=1S/C12H16FNO/c1-12(2)11(14-7-8-15-12)9-5-3-4-6-10(9)13/h3-6,11,14H,7-8H2,1-2H3. The van der Waals surface area contributed by atoms with Crippen molar-refractivity contribution in [1.82, 2.24) is 5.32 Å². The number of halogens is 1. The van der Waals surface area contributed by atoms with Crippen molar-refractivity contribution in [3.8, 4) is 0 Å². The Morgan fingerprint density at radius 3 is 2.80 bits per heavy atom. The van der Waals surface area contributed by atoms with E-state index in [1.807, 2.05) is 26.0 Å². The topological polar surface area (TPSA) is 21.3 Å². The quantitative estimate of drug-likeness (QED) is 0.766. The summed E-state index contributed by atoms with van der Waals surface area (Å²) in [5.41, 5.74) is 0.322. The summed E-state index contributed by atoms with van der Waals surface area (Å²) < 4.78 is 19.3. The average molecular weight is 209 g/mol. The molecule has 0 saturated carbocycles. The van der Waals surface area contributed by atoms with Gasteiger partial charge in [-0.15, -0.1) is 0 Å². The number of nitrogens with one attached hydrogen (secondary N) is 1. The molecule has 15 heavy (non-hydrogen) atoms. The van der Waals surface area contributed by atoms with Crippen LogP contribution >= 0.6 is 0 Å². The second-order valence-corrected chi connectivity index (χ2v) is 4.36. The van der Waals surface area contributed by atoms with E-state index in [0.29, 0.717) is 12.2 Å². The third kappa shape index (κ3) is 2.03.